The van der Waals surface area contributed by atoms with Crippen molar-refractivity contribution in [3.8, 4) is 0 Å². The summed E-state index contributed by atoms with van der Waals surface area (Å²) < 4.78 is 0. The van der Waals surface area contributed by atoms with Gasteiger partial charge in [-0.15, -0.1) is 0 Å². The van der Waals surface area contributed by atoms with Gasteiger partial charge in [-0.2, -0.15) is 0 Å². The van der Waals surface area contributed by atoms with E-state index in [1.165, 1.54) is 11.6 Å². The van der Waals surface area contributed by atoms with E-state index in [0.717, 1.165) is 0 Å². The highest BCUT2D eigenvalue weighted by molar-refractivity contribution is 5.80. The molecule has 0 bridgehead atoms. The number of aliphatic carboxylic acids is 1. The van der Waals surface area contributed by atoms with Gasteiger partial charge in [-0.3, -0.25) is 0 Å². The molecule has 0 amide bonds. The van der Waals surface area contributed by atoms with Gasteiger partial charge in [-0.1, -0.05) is 60.7 Å². The first-order valence-electron chi connectivity index (χ1n) is 6.32. The van der Waals surface area contributed by atoms with Gasteiger partial charge in [0.2, 0.25) is 0 Å². The van der Waals surface area contributed by atoms with Crippen LogP contribution in [0.2, 0.25) is 0 Å². The standard InChI is InChI=1S/C17H18O2/c1-16(9-8-15(18)19)10-12-17(2,13-11-16)14-6-4-3-5-7-14/h3-13H,1-2H3,(H,18,19). The number of hydrogen-bond acceptors (Lipinski definition) is 1. The summed E-state index contributed by atoms with van der Waals surface area (Å²) in [6.45, 7) is 4.14. The topological polar surface area (TPSA) is 37.3 Å². The van der Waals surface area contributed by atoms with Crippen molar-refractivity contribution in [1.29, 1.82) is 0 Å². The summed E-state index contributed by atoms with van der Waals surface area (Å²) in [6.07, 6.45) is 11.3. The van der Waals surface area contributed by atoms with Gasteiger partial charge in [-0.05, 0) is 19.4 Å². The molecule has 1 aromatic carbocycles. The van der Waals surface area contributed by atoms with Gasteiger partial charge in [-0.25, -0.2) is 4.79 Å². The molecule has 0 radical (unpaired) electrons. The molecule has 2 heteroatoms. The van der Waals surface area contributed by atoms with Crippen LogP contribution < -0.4 is 0 Å². The highest BCUT2D eigenvalue weighted by Crippen LogP contribution is 2.36. The average Bonchev–Trinajstić information content (AvgIpc) is 2.42. The molecule has 1 aliphatic carbocycles. The highest BCUT2D eigenvalue weighted by Gasteiger charge is 2.27. The van der Waals surface area contributed by atoms with Crippen molar-refractivity contribution >= 4 is 5.97 Å². The summed E-state index contributed by atoms with van der Waals surface area (Å²) in [4.78, 5) is 10.6. The lowest BCUT2D eigenvalue weighted by molar-refractivity contribution is -0.131. The SMILES string of the molecule is CC1(C=CC(=O)O)C=CC(C)(c2ccccc2)C=C1. The lowest BCUT2D eigenvalue weighted by Crippen LogP contribution is -2.22. The lowest BCUT2D eigenvalue weighted by Gasteiger charge is -2.31. The van der Waals surface area contributed by atoms with Crippen molar-refractivity contribution in [1.82, 2.24) is 0 Å². The fourth-order valence-electron chi connectivity index (χ4n) is 2.17. The summed E-state index contributed by atoms with van der Waals surface area (Å²) in [5.41, 5.74) is 0.775. The highest BCUT2D eigenvalue weighted by atomic mass is 16.4. The first kappa shape index (κ1) is 13.3. The second kappa shape index (κ2) is 4.88. The molecule has 0 heterocycles. The van der Waals surface area contributed by atoms with E-state index in [0.29, 0.717) is 0 Å². The van der Waals surface area contributed by atoms with Gasteiger partial charge in [0.1, 0.15) is 0 Å². The first-order valence-corrected chi connectivity index (χ1v) is 6.32. The number of allylic oxidation sites excluding steroid dienone is 5. The Morgan fingerprint density at radius 1 is 1.05 bits per heavy atom. The smallest absolute Gasteiger partial charge is 0.328 e. The minimum Gasteiger partial charge on any atom is -0.478 e. The van der Waals surface area contributed by atoms with Gasteiger partial charge in [0.15, 0.2) is 0 Å². The quantitative estimate of drug-likeness (QED) is 0.659. The predicted molar refractivity (Wildman–Crippen MR) is 77.0 cm³/mol. The van der Waals surface area contributed by atoms with Crippen LogP contribution in [0, 0.1) is 5.41 Å². The van der Waals surface area contributed by atoms with Crippen molar-refractivity contribution in [2.75, 3.05) is 0 Å². The maximum atomic E-state index is 10.6. The van der Waals surface area contributed by atoms with E-state index in [2.05, 4.69) is 43.4 Å². The van der Waals surface area contributed by atoms with Crippen LogP contribution in [-0.4, -0.2) is 11.1 Å². The number of benzene rings is 1. The van der Waals surface area contributed by atoms with E-state index in [4.69, 9.17) is 5.11 Å². The van der Waals surface area contributed by atoms with Crippen molar-refractivity contribution < 1.29 is 9.90 Å². The summed E-state index contributed by atoms with van der Waals surface area (Å²) >= 11 is 0. The second-order valence-electron chi connectivity index (χ2n) is 5.35. The first-order chi connectivity index (χ1) is 8.94. The Kier molecular flexibility index (Phi) is 3.43. The van der Waals surface area contributed by atoms with Gasteiger partial charge in [0.25, 0.3) is 0 Å². The Labute approximate surface area is 113 Å². The van der Waals surface area contributed by atoms with Crippen LogP contribution in [-0.2, 0) is 10.2 Å². The van der Waals surface area contributed by atoms with E-state index >= 15 is 0 Å². The largest absolute Gasteiger partial charge is 0.478 e. The molecule has 0 aliphatic heterocycles. The van der Waals surface area contributed by atoms with E-state index in [1.54, 1.807) is 6.08 Å². The number of carboxylic acid groups (broad SMARTS) is 1. The molecule has 1 aromatic rings. The van der Waals surface area contributed by atoms with Crippen molar-refractivity contribution in [2.24, 2.45) is 5.41 Å². The van der Waals surface area contributed by atoms with Crippen LogP contribution in [0.5, 0.6) is 0 Å². The van der Waals surface area contributed by atoms with E-state index < -0.39 is 5.97 Å². The van der Waals surface area contributed by atoms with Crippen LogP contribution >= 0.6 is 0 Å². The summed E-state index contributed by atoms with van der Waals surface area (Å²) in [5.74, 6) is -0.917. The normalized spacial score (nSPS) is 29.8. The van der Waals surface area contributed by atoms with E-state index in [9.17, 15) is 4.79 Å². The molecule has 0 unspecified atom stereocenters. The molecule has 0 saturated carbocycles. The Morgan fingerprint density at radius 3 is 2.16 bits per heavy atom. The zero-order chi connectivity index (χ0) is 13.9. The molecule has 0 spiro atoms. The fraction of sp³-hybridized carbons (Fsp3) is 0.235. The summed E-state index contributed by atoms with van der Waals surface area (Å²) in [6, 6.07) is 10.3. The molecular formula is C17H18O2. The summed E-state index contributed by atoms with van der Waals surface area (Å²) in [7, 11) is 0. The second-order valence-corrected chi connectivity index (χ2v) is 5.35. The number of hydrogen-bond donors (Lipinski definition) is 1. The Hall–Kier alpha value is -2.09. The molecule has 0 aromatic heterocycles. The van der Waals surface area contributed by atoms with Crippen LogP contribution in [0.1, 0.15) is 19.4 Å². The Morgan fingerprint density at radius 2 is 1.63 bits per heavy atom. The minimum atomic E-state index is -0.917. The van der Waals surface area contributed by atoms with Crippen molar-refractivity contribution in [2.45, 2.75) is 19.3 Å². The van der Waals surface area contributed by atoms with Gasteiger partial charge in [0.05, 0.1) is 0 Å². The molecule has 1 N–H and O–H groups in total. The van der Waals surface area contributed by atoms with E-state index in [-0.39, 0.29) is 10.8 Å². The molecular weight excluding hydrogens is 236 g/mol. The van der Waals surface area contributed by atoms with Gasteiger partial charge >= 0.3 is 5.97 Å². The monoisotopic (exact) mass is 254 g/mol. The molecule has 0 saturated heterocycles. The zero-order valence-corrected chi connectivity index (χ0v) is 11.2. The fourth-order valence-corrected chi connectivity index (χ4v) is 2.17. The molecule has 2 rings (SSSR count). The van der Waals surface area contributed by atoms with Gasteiger partial charge < -0.3 is 5.11 Å². The Balaban J connectivity index is 2.25. The van der Waals surface area contributed by atoms with Crippen molar-refractivity contribution in [3.63, 3.8) is 0 Å². The van der Waals surface area contributed by atoms with Crippen LogP contribution in [0.4, 0.5) is 0 Å². The lowest BCUT2D eigenvalue weighted by atomic mass is 9.73. The Bertz CT molecular complexity index is 536. The molecule has 0 atom stereocenters. The van der Waals surface area contributed by atoms with Crippen LogP contribution in [0.25, 0.3) is 0 Å². The predicted octanol–water partition coefficient (Wildman–Crippen LogP) is 3.72. The third kappa shape index (κ3) is 3.02. The zero-order valence-electron chi connectivity index (χ0n) is 11.2. The molecule has 2 nitrogen and oxygen atoms in total. The molecule has 98 valence electrons. The molecule has 0 fully saturated rings. The van der Waals surface area contributed by atoms with Crippen LogP contribution in [0.3, 0.4) is 0 Å². The third-order valence-electron chi connectivity index (χ3n) is 3.56. The van der Waals surface area contributed by atoms with E-state index in [1.807, 2.05) is 25.1 Å². The molecule has 19 heavy (non-hydrogen) atoms. The maximum absolute atomic E-state index is 10.6. The minimum absolute atomic E-state index is 0.127. The average molecular weight is 254 g/mol. The third-order valence-corrected chi connectivity index (χ3v) is 3.56. The number of rotatable bonds is 3. The van der Waals surface area contributed by atoms with Crippen molar-refractivity contribution in [3.05, 3.63) is 72.4 Å². The maximum Gasteiger partial charge on any atom is 0.328 e. The number of carbonyl (C=O) groups is 1. The van der Waals surface area contributed by atoms with Crippen LogP contribution in [0.15, 0.2) is 66.8 Å². The molecule has 1 aliphatic rings. The summed E-state index contributed by atoms with van der Waals surface area (Å²) in [5, 5.41) is 8.70. The van der Waals surface area contributed by atoms with Gasteiger partial charge in [0, 0.05) is 16.9 Å². The number of carboxylic acids is 1.